The number of halogens is 3. The Morgan fingerprint density at radius 1 is 0.354 bits per heavy atom. The van der Waals surface area contributed by atoms with Crippen LogP contribution in [0.3, 0.4) is 0 Å². The van der Waals surface area contributed by atoms with Crippen LogP contribution in [0.5, 0.6) is 0 Å². The Hall–Kier alpha value is -1.28. The smallest absolute Gasteiger partial charge is 0.305 e. The van der Waals surface area contributed by atoms with E-state index < -0.39 is 10.3 Å². The van der Waals surface area contributed by atoms with Gasteiger partial charge in [0.15, 0.2) is 4.30 Å². The van der Waals surface area contributed by atoms with Crippen molar-refractivity contribution in [2.24, 2.45) is 0 Å². The van der Waals surface area contributed by atoms with Gasteiger partial charge in [-0.05, 0) is 83.5 Å². The predicted octanol–water partition coefficient (Wildman–Crippen LogP) is 24.4. The van der Waals surface area contributed by atoms with Gasteiger partial charge in [0.1, 0.15) is 0 Å². The number of aliphatic carboxylic acids is 1. The molecule has 0 unspecified atom stereocenters. The van der Waals surface area contributed by atoms with Crippen LogP contribution in [0.1, 0.15) is 374 Å². The van der Waals surface area contributed by atoms with Crippen LogP contribution >= 0.6 is 34.8 Å². The number of carbonyl (C=O) groups is 3. The monoisotopic (exact) mass is 1180 g/mol. The number of carboxylic acids is 1. The number of alkyl halides is 3. The summed E-state index contributed by atoms with van der Waals surface area (Å²) < 4.78 is 9.36. The summed E-state index contributed by atoms with van der Waals surface area (Å²) in [5, 5.41) is 17.1. The van der Waals surface area contributed by atoms with Gasteiger partial charge in [0.2, 0.25) is 0 Å². The van der Waals surface area contributed by atoms with Crippen molar-refractivity contribution in [3.8, 4) is 0 Å². The summed E-state index contributed by atoms with van der Waals surface area (Å²) in [7, 11) is 0. The number of aliphatic hydroxyl groups excluding tert-OH is 1. The molecule has 0 aromatic rings. The molecule has 0 radical (unpaired) electrons. The molecular weight excluding hydrogens is 1050 g/mol. The minimum Gasteiger partial charge on any atom is -0.481 e. The zero-order valence-electron chi connectivity index (χ0n) is 52.5. The third-order valence-corrected chi connectivity index (χ3v) is 14.5. The Balaban J connectivity index is -0.000000570. The van der Waals surface area contributed by atoms with Gasteiger partial charge in [-0.25, -0.2) is 0 Å². The van der Waals surface area contributed by atoms with Gasteiger partial charge in [0.05, 0.1) is 13.2 Å². The number of unbranched alkanes of at least 4 members (excludes halogenated alkanes) is 47. The lowest BCUT2D eigenvalue weighted by atomic mass is 10.0. The van der Waals surface area contributed by atoms with Crippen molar-refractivity contribution in [2.75, 3.05) is 19.8 Å². The number of aliphatic hydroxyl groups is 1. The molecule has 0 amide bonds. The third-order valence-electron chi connectivity index (χ3n) is 14.5. The molecule has 0 fully saturated rings. The number of allylic oxidation sites excluding steroid dienone is 4. The van der Waals surface area contributed by atoms with Gasteiger partial charge in [-0.3, -0.25) is 14.4 Å². The van der Waals surface area contributed by atoms with Crippen LogP contribution in [0.2, 0.25) is 0 Å². The molecular formula is C69H133Cl3O7. The number of rotatable bonds is 61. The van der Waals surface area contributed by atoms with Crippen molar-refractivity contribution >= 4 is 53.2 Å². The second kappa shape index (κ2) is 83.2. The lowest BCUT2D eigenvalue weighted by molar-refractivity contribution is -0.144. The molecule has 7 nitrogen and oxygen atoms in total. The zero-order valence-corrected chi connectivity index (χ0v) is 54.8. The van der Waals surface area contributed by atoms with E-state index in [4.69, 9.17) is 54.5 Å². The van der Waals surface area contributed by atoms with Gasteiger partial charge >= 0.3 is 11.9 Å². The lowest BCUT2D eigenvalue weighted by Crippen LogP contribution is -2.05. The van der Waals surface area contributed by atoms with Crippen LogP contribution in [0, 0.1) is 0 Å². The minimum atomic E-state index is -0.750. The number of hydrogen-bond donors (Lipinski definition) is 2. The van der Waals surface area contributed by atoms with Gasteiger partial charge in [-0.15, -0.1) is 0 Å². The molecule has 79 heavy (non-hydrogen) atoms. The Morgan fingerprint density at radius 2 is 0.595 bits per heavy atom. The third kappa shape index (κ3) is 99.2. The summed E-state index contributed by atoms with van der Waals surface area (Å²) in [6, 6.07) is 0. The van der Waals surface area contributed by atoms with E-state index in [1.807, 2.05) is 0 Å². The molecule has 0 aliphatic carbocycles. The molecule has 472 valence electrons. The van der Waals surface area contributed by atoms with Crippen LogP contribution in [-0.2, 0) is 23.9 Å². The van der Waals surface area contributed by atoms with Crippen molar-refractivity contribution < 1.29 is 34.1 Å². The highest BCUT2D eigenvalue weighted by molar-refractivity contribution is 6.63. The van der Waals surface area contributed by atoms with Gasteiger partial charge < -0.3 is 19.7 Å². The highest BCUT2D eigenvalue weighted by Crippen LogP contribution is 2.16. The average Bonchev–Trinajstić information content (AvgIpc) is 3.43. The van der Waals surface area contributed by atoms with Gasteiger partial charge in [0.25, 0.3) is 6.47 Å². The standard InChI is InChI=1S/C34H64O4.C18H36.C16H32O3.CHCl3/c1-2-3-4-5-6-7-8-9-10-12-15-18-21-24-27-30-34(36)38-32-29-26-23-20-17-14-11-13-16-19-22-25-28-31-37-33-35;1-3-5-7-9-11-13-15-17-18-16-14-12-10-8-6-4-2;17-15-13-11-9-7-5-3-1-2-4-6-8-10-12-14-16(18)19;2-1(3)4/h9-10,33H,2-8,11-32H2,1H3;17-18H,3-16H2,1-2H3;17H,1-15H2,(H,18,19);1H/b10-9-;18-17-;;. The van der Waals surface area contributed by atoms with Crippen LogP contribution in [0.25, 0.3) is 0 Å². The van der Waals surface area contributed by atoms with E-state index in [0.29, 0.717) is 39.1 Å². The number of carboxylic acid groups (broad SMARTS) is 1. The van der Waals surface area contributed by atoms with Gasteiger partial charge in [-0.1, -0.05) is 337 Å². The molecule has 0 saturated carbocycles. The quantitative estimate of drug-likeness (QED) is 0.0205. The van der Waals surface area contributed by atoms with E-state index in [0.717, 1.165) is 44.9 Å². The molecule has 0 atom stereocenters. The summed E-state index contributed by atoms with van der Waals surface area (Å²) in [5.74, 6) is -0.670. The van der Waals surface area contributed by atoms with E-state index in [-0.39, 0.29) is 5.97 Å². The molecule has 0 aromatic carbocycles. The maximum atomic E-state index is 11.9. The number of carbonyl (C=O) groups excluding carboxylic acids is 2. The van der Waals surface area contributed by atoms with Crippen molar-refractivity contribution in [3.05, 3.63) is 24.3 Å². The highest BCUT2D eigenvalue weighted by atomic mass is 35.6. The van der Waals surface area contributed by atoms with Crippen molar-refractivity contribution in [2.45, 2.75) is 378 Å². The molecule has 0 aliphatic heterocycles. The molecule has 0 heterocycles. The fraction of sp³-hybridized carbons (Fsp3) is 0.899. The molecule has 0 aliphatic rings. The fourth-order valence-electron chi connectivity index (χ4n) is 9.53. The van der Waals surface area contributed by atoms with Crippen LogP contribution in [-0.4, -0.2) is 52.7 Å². The van der Waals surface area contributed by atoms with E-state index in [1.165, 1.54) is 295 Å². The zero-order chi connectivity index (χ0) is 58.7. The second-order valence-electron chi connectivity index (χ2n) is 22.4. The lowest BCUT2D eigenvalue weighted by Gasteiger charge is -2.05. The first kappa shape index (κ1) is 84.2. The van der Waals surface area contributed by atoms with E-state index >= 15 is 0 Å². The van der Waals surface area contributed by atoms with Gasteiger partial charge in [0, 0.05) is 19.4 Å². The first-order chi connectivity index (χ1) is 38.7. The van der Waals surface area contributed by atoms with Crippen LogP contribution in [0.15, 0.2) is 24.3 Å². The molecule has 10 heteroatoms. The fourth-order valence-corrected chi connectivity index (χ4v) is 9.53. The van der Waals surface area contributed by atoms with Crippen molar-refractivity contribution in [1.82, 2.24) is 0 Å². The van der Waals surface area contributed by atoms with Crippen molar-refractivity contribution in [3.63, 3.8) is 0 Å². The Labute approximate surface area is 506 Å². The summed E-state index contributed by atoms with van der Waals surface area (Å²) in [6.45, 7) is 8.89. The Kier molecular flexibility index (Phi) is 88.6. The topological polar surface area (TPSA) is 110 Å². The molecule has 2 N–H and O–H groups in total. The van der Waals surface area contributed by atoms with Crippen molar-refractivity contribution in [1.29, 1.82) is 0 Å². The molecule has 0 rings (SSSR count). The normalized spacial score (nSPS) is 11.1. The SMILES string of the molecule is CCCCCCCC/C=C\CCCCCCCC.CCCCCCCC/C=C\CCCCCCCC(=O)OCCCCCCCCCCCCCCCOC=O.ClC(Cl)Cl.O=C(O)CCCCCCCCCCCCCCCO. The summed E-state index contributed by atoms with van der Waals surface area (Å²) in [4.78, 5) is 32.2. The molecule has 0 saturated heterocycles. The average molecular weight is 1180 g/mol. The summed E-state index contributed by atoms with van der Waals surface area (Å²) >= 11 is 14.4. The largest absolute Gasteiger partial charge is 0.481 e. The van der Waals surface area contributed by atoms with E-state index in [1.54, 1.807) is 0 Å². The predicted molar refractivity (Wildman–Crippen MR) is 348 cm³/mol. The highest BCUT2D eigenvalue weighted by Gasteiger charge is 2.03. The molecule has 0 spiro atoms. The number of ether oxygens (including phenoxy) is 2. The number of esters is 1. The Morgan fingerprint density at radius 3 is 0.873 bits per heavy atom. The molecule has 0 bridgehead atoms. The maximum absolute atomic E-state index is 11.9. The Bertz CT molecular complexity index is 1150. The summed E-state index contributed by atoms with van der Waals surface area (Å²) in [5.41, 5.74) is 0. The first-order valence-electron chi connectivity index (χ1n) is 34.0. The first-order valence-corrected chi connectivity index (χ1v) is 35.3. The van der Waals surface area contributed by atoms with Crippen LogP contribution < -0.4 is 0 Å². The maximum Gasteiger partial charge on any atom is 0.305 e. The second-order valence-corrected chi connectivity index (χ2v) is 24.4. The minimum absolute atomic E-state index is 0.00285. The van der Waals surface area contributed by atoms with E-state index in [2.05, 4.69) is 45.1 Å². The molecule has 0 aromatic heterocycles. The van der Waals surface area contributed by atoms with Crippen LogP contribution in [0.4, 0.5) is 0 Å². The number of hydrogen-bond acceptors (Lipinski definition) is 6. The van der Waals surface area contributed by atoms with E-state index in [9.17, 15) is 14.4 Å². The van der Waals surface area contributed by atoms with Gasteiger partial charge in [-0.2, -0.15) is 0 Å². The summed E-state index contributed by atoms with van der Waals surface area (Å²) in [6.07, 6.45) is 78.6.